The van der Waals surface area contributed by atoms with Gasteiger partial charge >= 0.3 is 0 Å². The SMILES string of the molecule is CCc1cccc(CC)c1N=c1scc(-c2ccc([N+](=O)[O-])cc2)n1C(C)c1ccccc1. The maximum atomic E-state index is 11.1. The molecule has 0 N–H and O–H groups in total. The minimum atomic E-state index is -0.368. The maximum absolute atomic E-state index is 11.1. The lowest BCUT2D eigenvalue weighted by Crippen LogP contribution is -2.21. The summed E-state index contributed by atoms with van der Waals surface area (Å²) in [6, 6.07) is 23.5. The molecule has 3 aromatic carbocycles. The summed E-state index contributed by atoms with van der Waals surface area (Å²) in [5, 5.41) is 13.2. The molecule has 33 heavy (non-hydrogen) atoms. The number of hydrogen-bond donors (Lipinski definition) is 0. The van der Waals surface area contributed by atoms with E-state index in [0.29, 0.717) is 0 Å². The zero-order valence-corrected chi connectivity index (χ0v) is 19.9. The molecule has 1 aromatic heterocycles. The molecule has 4 rings (SSSR count). The third-order valence-corrected chi connectivity index (χ3v) is 6.80. The molecule has 4 aromatic rings. The maximum Gasteiger partial charge on any atom is 0.269 e. The number of non-ortho nitro benzene ring substituents is 1. The number of hydrogen-bond acceptors (Lipinski definition) is 4. The molecule has 168 valence electrons. The molecule has 5 nitrogen and oxygen atoms in total. The van der Waals surface area contributed by atoms with E-state index >= 15 is 0 Å². The number of para-hydroxylation sites is 1. The van der Waals surface area contributed by atoms with Gasteiger partial charge in [-0.3, -0.25) is 10.1 Å². The van der Waals surface area contributed by atoms with Gasteiger partial charge in [-0.05, 0) is 54.2 Å². The number of benzene rings is 3. The van der Waals surface area contributed by atoms with E-state index in [1.54, 1.807) is 23.5 Å². The van der Waals surface area contributed by atoms with Crippen molar-refractivity contribution in [2.24, 2.45) is 4.99 Å². The summed E-state index contributed by atoms with van der Waals surface area (Å²) in [5.74, 6) is 0. The van der Waals surface area contributed by atoms with E-state index in [2.05, 4.69) is 61.1 Å². The average Bonchev–Trinajstić information content (AvgIpc) is 3.27. The first kappa shape index (κ1) is 22.7. The monoisotopic (exact) mass is 457 g/mol. The summed E-state index contributed by atoms with van der Waals surface area (Å²) in [6.07, 6.45) is 1.84. The van der Waals surface area contributed by atoms with Crippen LogP contribution in [0.15, 0.2) is 83.2 Å². The third-order valence-electron chi connectivity index (χ3n) is 5.96. The molecule has 1 heterocycles. The molecule has 1 atom stereocenters. The Hall–Kier alpha value is -3.51. The van der Waals surface area contributed by atoms with Crippen LogP contribution in [-0.4, -0.2) is 9.49 Å². The van der Waals surface area contributed by atoms with Gasteiger partial charge in [0.25, 0.3) is 5.69 Å². The summed E-state index contributed by atoms with van der Waals surface area (Å²) in [7, 11) is 0. The van der Waals surface area contributed by atoms with Crippen LogP contribution in [0.4, 0.5) is 11.4 Å². The van der Waals surface area contributed by atoms with Crippen LogP contribution in [0.1, 0.15) is 43.5 Å². The molecule has 0 bridgehead atoms. The standard InChI is InChI=1S/C27H27N3O2S/c1-4-20-12-9-13-21(5-2)26(20)28-27-29(19(3)22-10-7-6-8-11-22)25(18-33-27)23-14-16-24(17-15-23)30(31)32/h6-19H,4-5H2,1-3H3. The quantitative estimate of drug-likeness (QED) is 0.220. The Morgan fingerprint density at radius 2 is 1.58 bits per heavy atom. The Morgan fingerprint density at radius 1 is 0.939 bits per heavy atom. The fourth-order valence-corrected chi connectivity index (χ4v) is 5.06. The first-order valence-corrected chi connectivity index (χ1v) is 12.1. The van der Waals surface area contributed by atoms with Crippen LogP contribution in [0.25, 0.3) is 11.3 Å². The fraction of sp³-hybridized carbons (Fsp3) is 0.222. The topological polar surface area (TPSA) is 60.4 Å². The molecule has 1 unspecified atom stereocenters. The van der Waals surface area contributed by atoms with E-state index in [0.717, 1.165) is 34.6 Å². The number of aromatic nitrogens is 1. The highest BCUT2D eigenvalue weighted by Crippen LogP contribution is 2.30. The Labute approximate surface area is 197 Å². The second-order valence-corrected chi connectivity index (χ2v) is 8.74. The van der Waals surface area contributed by atoms with Gasteiger partial charge in [-0.15, -0.1) is 11.3 Å². The molecule has 0 aliphatic rings. The van der Waals surface area contributed by atoms with Crippen molar-refractivity contribution >= 4 is 22.7 Å². The van der Waals surface area contributed by atoms with Crippen LogP contribution < -0.4 is 4.80 Å². The van der Waals surface area contributed by atoms with E-state index in [-0.39, 0.29) is 16.7 Å². The average molecular weight is 458 g/mol. The van der Waals surface area contributed by atoms with Crippen molar-refractivity contribution < 1.29 is 4.92 Å². The summed E-state index contributed by atoms with van der Waals surface area (Å²) < 4.78 is 2.24. The van der Waals surface area contributed by atoms with E-state index in [9.17, 15) is 10.1 Å². The molecule has 0 amide bonds. The lowest BCUT2D eigenvalue weighted by atomic mass is 10.0. The van der Waals surface area contributed by atoms with Crippen molar-refractivity contribution in [1.29, 1.82) is 0 Å². The molecule has 0 fully saturated rings. The third kappa shape index (κ3) is 4.66. The van der Waals surface area contributed by atoms with Gasteiger partial charge in [-0.1, -0.05) is 62.4 Å². The molecule has 0 saturated carbocycles. The van der Waals surface area contributed by atoms with Gasteiger partial charge < -0.3 is 4.57 Å². The minimum absolute atomic E-state index is 0.0419. The van der Waals surface area contributed by atoms with Crippen molar-refractivity contribution in [3.8, 4) is 11.3 Å². The number of nitro groups is 1. The number of nitro benzene ring substituents is 1. The van der Waals surface area contributed by atoms with Gasteiger partial charge in [0.05, 0.1) is 22.3 Å². The number of rotatable bonds is 7. The van der Waals surface area contributed by atoms with E-state index in [4.69, 9.17) is 4.99 Å². The summed E-state index contributed by atoms with van der Waals surface area (Å²) in [6.45, 7) is 6.48. The molecule has 0 aliphatic heterocycles. The van der Waals surface area contributed by atoms with E-state index < -0.39 is 0 Å². The van der Waals surface area contributed by atoms with Crippen LogP contribution in [-0.2, 0) is 12.8 Å². The van der Waals surface area contributed by atoms with Crippen molar-refractivity contribution in [1.82, 2.24) is 4.57 Å². The number of aryl methyl sites for hydroxylation is 2. The predicted octanol–water partition coefficient (Wildman–Crippen LogP) is 7.09. The van der Waals surface area contributed by atoms with Gasteiger partial charge in [0.1, 0.15) is 0 Å². The van der Waals surface area contributed by atoms with Crippen molar-refractivity contribution in [2.45, 2.75) is 39.7 Å². The summed E-state index contributed by atoms with van der Waals surface area (Å²) in [5.41, 5.74) is 6.72. The van der Waals surface area contributed by atoms with Gasteiger partial charge in [0.2, 0.25) is 0 Å². The van der Waals surface area contributed by atoms with Crippen molar-refractivity contribution in [3.05, 3.63) is 110 Å². The van der Waals surface area contributed by atoms with Crippen LogP contribution >= 0.6 is 11.3 Å². The van der Waals surface area contributed by atoms with E-state index in [1.807, 2.05) is 30.3 Å². The Kier molecular flexibility index (Phi) is 6.84. The highest BCUT2D eigenvalue weighted by atomic mass is 32.1. The Morgan fingerprint density at radius 3 is 2.15 bits per heavy atom. The molecule has 0 saturated heterocycles. The molecule has 0 aliphatic carbocycles. The minimum Gasteiger partial charge on any atom is -0.309 e. The van der Waals surface area contributed by atoms with Crippen LogP contribution in [0.5, 0.6) is 0 Å². The lowest BCUT2D eigenvalue weighted by Gasteiger charge is -2.18. The van der Waals surface area contributed by atoms with Crippen LogP contribution in [0.3, 0.4) is 0 Å². The summed E-state index contributed by atoms with van der Waals surface area (Å²) in [4.78, 5) is 16.9. The molecule has 0 spiro atoms. The van der Waals surface area contributed by atoms with Gasteiger partial charge in [-0.2, -0.15) is 0 Å². The van der Waals surface area contributed by atoms with Crippen LogP contribution in [0, 0.1) is 10.1 Å². The smallest absolute Gasteiger partial charge is 0.269 e. The Bertz CT molecular complexity index is 1300. The molecule has 0 radical (unpaired) electrons. The first-order valence-electron chi connectivity index (χ1n) is 11.2. The first-order chi connectivity index (χ1) is 16.0. The molecular weight excluding hydrogens is 430 g/mol. The number of nitrogens with zero attached hydrogens (tertiary/aromatic N) is 3. The van der Waals surface area contributed by atoms with Crippen LogP contribution in [0.2, 0.25) is 0 Å². The highest BCUT2D eigenvalue weighted by molar-refractivity contribution is 7.07. The Balaban J connectivity index is 1.94. The second kappa shape index (κ2) is 9.96. The zero-order chi connectivity index (χ0) is 23.4. The van der Waals surface area contributed by atoms with E-state index in [1.165, 1.54) is 16.7 Å². The second-order valence-electron chi connectivity index (χ2n) is 7.91. The van der Waals surface area contributed by atoms with Gasteiger partial charge in [0.15, 0.2) is 4.80 Å². The molecule has 6 heteroatoms. The summed E-state index contributed by atoms with van der Waals surface area (Å²) >= 11 is 1.60. The highest BCUT2D eigenvalue weighted by Gasteiger charge is 2.17. The normalized spacial score (nSPS) is 12.6. The number of thiazole rings is 1. The van der Waals surface area contributed by atoms with Gasteiger partial charge in [-0.25, -0.2) is 4.99 Å². The van der Waals surface area contributed by atoms with Gasteiger partial charge in [0, 0.05) is 17.5 Å². The largest absolute Gasteiger partial charge is 0.309 e. The molecular formula is C27H27N3O2S. The zero-order valence-electron chi connectivity index (χ0n) is 19.1. The fourth-order valence-electron chi connectivity index (χ4n) is 4.08. The lowest BCUT2D eigenvalue weighted by molar-refractivity contribution is -0.384. The van der Waals surface area contributed by atoms with Crippen molar-refractivity contribution in [3.63, 3.8) is 0 Å². The van der Waals surface area contributed by atoms with Crippen molar-refractivity contribution in [2.75, 3.05) is 0 Å². The predicted molar refractivity (Wildman–Crippen MR) is 135 cm³/mol.